The van der Waals surface area contributed by atoms with E-state index in [0.29, 0.717) is 24.9 Å². The van der Waals surface area contributed by atoms with E-state index >= 15 is 0 Å². The lowest BCUT2D eigenvalue weighted by Crippen LogP contribution is -2.42. The van der Waals surface area contributed by atoms with E-state index in [-0.39, 0.29) is 29.7 Å². The van der Waals surface area contributed by atoms with E-state index < -0.39 is 35.0 Å². The van der Waals surface area contributed by atoms with Crippen LogP contribution in [0.5, 0.6) is 0 Å². The van der Waals surface area contributed by atoms with E-state index in [9.17, 15) is 23.2 Å². The standard InChI is InChI=1S/C22H25F3N6O3/c1-21(2,3)34-20(32)30-8-4-7-13(11-30)16-15(22(23,24)25)17(29-19(26)28-16)14-10-12-6-5-9-31(33)18(12)27-14/h5-6,9-10,13,33H,4,7-8,11H2,1-3H3,(H2,26,28,29). The predicted octanol–water partition coefficient (Wildman–Crippen LogP) is 4.40. The Morgan fingerprint density at radius 1 is 1.24 bits per heavy atom. The van der Waals surface area contributed by atoms with Crippen LogP contribution in [-0.2, 0) is 10.9 Å². The number of alkyl halides is 3. The molecule has 1 aromatic rings. The number of carbonyl (C=O) groups excluding carboxylic acids is 1. The second-order valence-electron chi connectivity index (χ2n) is 9.23. The second kappa shape index (κ2) is 8.33. The Kier molecular flexibility index (Phi) is 5.78. The van der Waals surface area contributed by atoms with E-state index in [0.717, 1.165) is 4.73 Å². The number of fused-ring (bicyclic) bond motifs is 1. The van der Waals surface area contributed by atoms with Crippen LogP contribution in [0.1, 0.15) is 50.8 Å². The maximum absolute atomic E-state index is 14.4. The molecule has 0 aromatic carbocycles. The number of rotatable bonds is 2. The number of ether oxygens (including phenoxy) is 1. The number of piperidine rings is 1. The van der Waals surface area contributed by atoms with Gasteiger partial charge in [-0.1, -0.05) is 0 Å². The van der Waals surface area contributed by atoms with Crippen molar-refractivity contribution in [1.29, 1.82) is 0 Å². The van der Waals surface area contributed by atoms with Crippen LogP contribution in [0.25, 0.3) is 22.8 Å². The minimum atomic E-state index is -4.81. The number of hydrogen-bond acceptors (Lipinski definition) is 7. The topological polar surface area (TPSA) is 119 Å². The first-order chi connectivity index (χ1) is 15.8. The zero-order chi connectivity index (χ0) is 24.8. The quantitative estimate of drug-likeness (QED) is 0.524. The van der Waals surface area contributed by atoms with Gasteiger partial charge in [0.05, 0.1) is 11.4 Å². The van der Waals surface area contributed by atoms with Gasteiger partial charge in [0.2, 0.25) is 5.95 Å². The first-order valence-corrected chi connectivity index (χ1v) is 10.7. The summed E-state index contributed by atoms with van der Waals surface area (Å²) in [6.07, 6.45) is -3.23. The van der Waals surface area contributed by atoms with Crippen LogP contribution in [0.3, 0.4) is 0 Å². The highest BCUT2D eigenvalue weighted by Crippen LogP contribution is 2.43. The van der Waals surface area contributed by atoms with Gasteiger partial charge in [0.25, 0.3) is 0 Å². The highest BCUT2D eigenvalue weighted by Gasteiger charge is 2.42. The van der Waals surface area contributed by atoms with Crippen molar-refractivity contribution in [3.05, 3.63) is 35.7 Å². The average molecular weight is 478 g/mol. The van der Waals surface area contributed by atoms with Crippen LogP contribution < -0.4 is 5.73 Å². The molecule has 1 amide bonds. The Morgan fingerprint density at radius 2 is 1.97 bits per heavy atom. The first kappa shape index (κ1) is 23.6. The van der Waals surface area contributed by atoms with E-state index in [4.69, 9.17) is 10.5 Å². The lowest BCUT2D eigenvalue weighted by molar-refractivity contribution is -0.138. The molecular formula is C22H25F3N6O3. The number of halogens is 3. The largest absolute Gasteiger partial charge is 0.444 e. The summed E-state index contributed by atoms with van der Waals surface area (Å²) in [4.78, 5) is 25.9. The number of anilines is 1. The summed E-state index contributed by atoms with van der Waals surface area (Å²) in [6.45, 7) is 5.53. The van der Waals surface area contributed by atoms with Crippen LogP contribution >= 0.6 is 0 Å². The summed E-state index contributed by atoms with van der Waals surface area (Å²) < 4.78 is 49.3. The van der Waals surface area contributed by atoms with Crippen LogP contribution in [0.4, 0.5) is 23.9 Å². The van der Waals surface area contributed by atoms with Crippen molar-refractivity contribution in [3.63, 3.8) is 0 Å². The number of nitrogen functional groups attached to an aromatic ring is 1. The molecule has 9 nitrogen and oxygen atoms in total. The minimum Gasteiger partial charge on any atom is -0.444 e. The molecule has 34 heavy (non-hydrogen) atoms. The smallest absolute Gasteiger partial charge is 0.420 e. The van der Waals surface area contributed by atoms with Gasteiger partial charge >= 0.3 is 12.3 Å². The molecule has 1 fully saturated rings. The summed E-state index contributed by atoms with van der Waals surface area (Å²) >= 11 is 0. The van der Waals surface area contributed by atoms with Gasteiger partial charge < -0.3 is 20.6 Å². The van der Waals surface area contributed by atoms with E-state index in [1.54, 1.807) is 26.8 Å². The van der Waals surface area contributed by atoms with Crippen molar-refractivity contribution in [3.8, 4) is 22.8 Å². The van der Waals surface area contributed by atoms with Gasteiger partial charge in [-0.05, 0) is 51.8 Å². The minimum absolute atomic E-state index is 0.000935. The second-order valence-corrected chi connectivity index (χ2v) is 9.23. The van der Waals surface area contributed by atoms with Gasteiger partial charge in [-0.2, -0.15) is 17.9 Å². The van der Waals surface area contributed by atoms with Crippen molar-refractivity contribution >= 4 is 12.0 Å². The predicted molar refractivity (Wildman–Crippen MR) is 116 cm³/mol. The third-order valence-corrected chi connectivity index (χ3v) is 5.44. The molecule has 3 aliphatic heterocycles. The number of hydrogen-bond donors (Lipinski definition) is 2. The number of aromatic nitrogens is 4. The maximum Gasteiger partial charge on any atom is 0.420 e. The van der Waals surface area contributed by atoms with Gasteiger partial charge in [0, 0.05) is 30.8 Å². The van der Waals surface area contributed by atoms with Crippen molar-refractivity contribution in [2.24, 2.45) is 0 Å². The Morgan fingerprint density at radius 3 is 2.62 bits per heavy atom. The van der Waals surface area contributed by atoms with Crippen molar-refractivity contribution in [2.75, 3.05) is 18.8 Å². The summed E-state index contributed by atoms with van der Waals surface area (Å²) in [5.74, 6) is -0.983. The molecule has 1 atom stereocenters. The first-order valence-electron chi connectivity index (χ1n) is 10.7. The maximum atomic E-state index is 14.4. The molecule has 1 aromatic heterocycles. The van der Waals surface area contributed by atoms with Gasteiger partial charge in [0.15, 0.2) is 5.82 Å². The number of likely N-dealkylation sites (tertiary alicyclic amines) is 1. The zero-order valence-corrected chi connectivity index (χ0v) is 18.9. The van der Waals surface area contributed by atoms with Gasteiger partial charge in [0.1, 0.15) is 16.9 Å². The van der Waals surface area contributed by atoms with Crippen LogP contribution in [-0.4, -0.2) is 54.6 Å². The highest BCUT2D eigenvalue weighted by atomic mass is 19.4. The number of nitrogens with two attached hydrogens (primary N) is 1. The normalized spacial score (nSPS) is 17.2. The van der Waals surface area contributed by atoms with E-state index in [2.05, 4.69) is 15.0 Å². The number of nitrogens with zero attached hydrogens (tertiary/aromatic N) is 5. The molecule has 3 N–H and O–H groups in total. The van der Waals surface area contributed by atoms with Crippen LogP contribution in [0, 0.1) is 0 Å². The Balaban J connectivity index is 1.79. The van der Waals surface area contributed by atoms with Crippen LogP contribution in [0.2, 0.25) is 0 Å². The summed E-state index contributed by atoms with van der Waals surface area (Å²) in [5, 5.41) is 9.96. The number of pyridine rings is 1. The highest BCUT2D eigenvalue weighted by molar-refractivity contribution is 5.73. The molecule has 4 rings (SSSR count). The molecule has 0 spiro atoms. The molecule has 4 heterocycles. The SMILES string of the molecule is CC(C)(C)OC(=O)N1CCCC(c2nc(N)nc(-c3cc4cccn(O)c-4n3)c2C(F)(F)F)C1. The van der Waals surface area contributed by atoms with Gasteiger partial charge in [-0.3, -0.25) is 0 Å². The van der Waals surface area contributed by atoms with E-state index in [1.807, 2.05) is 0 Å². The monoisotopic (exact) mass is 478 g/mol. The third kappa shape index (κ3) is 4.70. The Labute approximate surface area is 193 Å². The molecule has 0 bridgehead atoms. The fourth-order valence-electron chi connectivity index (χ4n) is 4.10. The molecule has 0 radical (unpaired) electrons. The fourth-order valence-corrected chi connectivity index (χ4v) is 4.10. The molecule has 0 aliphatic carbocycles. The van der Waals surface area contributed by atoms with Crippen molar-refractivity contribution < 1.29 is 27.9 Å². The fraction of sp³-hybridized carbons (Fsp3) is 0.455. The van der Waals surface area contributed by atoms with Crippen LogP contribution in [0.15, 0.2) is 24.4 Å². The molecule has 1 unspecified atom stereocenters. The number of amides is 1. The molecule has 0 saturated carbocycles. The molecule has 12 heteroatoms. The van der Waals surface area contributed by atoms with Gasteiger partial charge in [-0.15, -0.1) is 0 Å². The molecule has 3 aliphatic rings. The zero-order valence-electron chi connectivity index (χ0n) is 18.9. The van der Waals surface area contributed by atoms with E-state index in [1.165, 1.54) is 23.2 Å². The summed E-state index contributed by atoms with van der Waals surface area (Å²) in [5.41, 5.74) is 3.64. The Hall–Kier alpha value is -3.57. The van der Waals surface area contributed by atoms with Crippen molar-refractivity contribution in [2.45, 2.75) is 51.3 Å². The molecule has 1 saturated heterocycles. The molecule has 182 valence electrons. The van der Waals surface area contributed by atoms with Crippen molar-refractivity contribution in [1.82, 2.24) is 24.6 Å². The molecular weight excluding hydrogens is 453 g/mol. The van der Waals surface area contributed by atoms with Gasteiger partial charge in [-0.25, -0.2) is 19.7 Å². The summed E-state index contributed by atoms with van der Waals surface area (Å²) in [6, 6.07) is 4.54. The number of carbonyl (C=O) groups is 1. The Bertz CT molecular complexity index is 1190. The lowest BCUT2D eigenvalue weighted by atomic mass is 9.90. The lowest BCUT2D eigenvalue weighted by Gasteiger charge is -2.34. The third-order valence-electron chi connectivity index (χ3n) is 5.44. The average Bonchev–Trinajstić information content (AvgIpc) is 3.17. The summed E-state index contributed by atoms with van der Waals surface area (Å²) in [7, 11) is 0.